The van der Waals surface area contributed by atoms with E-state index >= 15 is 0 Å². The molecule has 8 aromatic rings. The Bertz CT molecular complexity index is 3020. The van der Waals surface area contributed by atoms with Crippen molar-refractivity contribution < 1.29 is 0 Å². The summed E-state index contributed by atoms with van der Waals surface area (Å²) in [6.45, 7) is 13.4. The van der Waals surface area contributed by atoms with E-state index in [0.717, 1.165) is 47.0 Å². The van der Waals surface area contributed by atoms with Gasteiger partial charge in [-0.3, -0.25) is 0 Å². The average Bonchev–Trinajstić information content (AvgIpc) is 3.68. The Morgan fingerprint density at radius 1 is 0.413 bits per heavy atom. The summed E-state index contributed by atoms with van der Waals surface area (Å²) in [6.07, 6.45) is 1.73. The molecule has 0 unspecified atom stereocenters. The van der Waals surface area contributed by atoms with Gasteiger partial charge in [0, 0.05) is 45.0 Å². The van der Waals surface area contributed by atoms with Crippen LogP contribution < -0.4 is 9.80 Å². The monoisotopic (exact) mass is 815 g/mol. The van der Waals surface area contributed by atoms with Crippen molar-refractivity contribution in [2.24, 2.45) is 5.41 Å². The number of aryl methyl sites for hydroxylation is 1. The van der Waals surface area contributed by atoms with Gasteiger partial charge < -0.3 is 9.80 Å². The molecule has 0 aliphatic heterocycles. The minimum Gasteiger partial charge on any atom is -0.310 e. The Hall–Kier alpha value is -7.15. The maximum Gasteiger partial charge on any atom is 0.0684 e. The Labute approximate surface area is 373 Å². The molecule has 2 aliphatic carbocycles. The van der Waals surface area contributed by atoms with Crippen LogP contribution in [0.5, 0.6) is 0 Å². The number of hydrogen-bond donors (Lipinski definition) is 0. The second kappa shape index (κ2) is 15.3. The molecule has 0 aromatic heterocycles. The number of benzene rings is 8. The molecule has 0 atom stereocenters. The maximum atomic E-state index is 9.62. The lowest BCUT2D eigenvalue weighted by Crippen LogP contribution is -2.17. The van der Waals surface area contributed by atoms with Crippen LogP contribution in [0.15, 0.2) is 188 Å². The van der Waals surface area contributed by atoms with E-state index < -0.39 is 0 Å². The zero-order valence-electron chi connectivity index (χ0n) is 37.2. The molecular weight excluding hydrogens is 763 g/mol. The molecule has 0 heterocycles. The molecule has 3 heteroatoms. The molecule has 0 saturated carbocycles. The molecule has 8 aromatic carbocycles. The summed E-state index contributed by atoms with van der Waals surface area (Å²) in [5, 5.41) is 9.62. The van der Waals surface area contributed by atoms with Crippen molar-refractivity contribution in [1.82, 2.24) is 0 Å². The van der Waals surface area contributed by atoms with Gasteiger partial charge in [-0.15, -0.1) is 0 Å². The fourth-order valence-corrected chi connectivity index (χ4v) is 10.1. The van der Waals surface area contributed by atoms with E-state index in [1.165, 1.54) is 61.2 Å². The first-order valence-electron chi connectivity index (χ1n) is 22.3. The number of anilines is 6. The van der Waals surface area contributed by atoms with Crippen molar-refractivity contribution in [3.05, 3.63) is 216 Å². The maximum absolute atomic E-state index is 9.62. The lowest BCUT2D eigenvalue weighted by molar-refractivity contribution is 0.452. The number of nitrogens with zero attached hydrogens (tertiary/aromatic N) is 3. The molecule has 3 nitrogen and oxygen atoms in total. The van der Waals surface area contributed by atoms with Crippen molar-refractivity contribution in [3.63, 3.8) is 0 Å². The van der Waals surface area contributed by atoms with Gasteiger partial charge in [0.05, 0.1) is 11.5 Å². The minimum atomic E-state index is -0.337. The first-order valence-corrected chi connectivity index (χ1v) is 22.3. The van der Waals surface area contributed by atoms with Gasteiger partial charge in [0.1, 0.15) is 0 Å². The first-order chi connectivity index (χ1) is 30.4. The van der Waals surface area contributed by atoms with E-state index in [4.69, 9.17) is 0 Å². The average molecular weight is 816 g/mol. The molecule has 2 aliphatic rings. The molecule has 0 radical (unpaired) electrons. The van der Waals surface area contributed by atoms with Crippen LogP contribution >= 0.6 is 0 Å². The van der Waals surface area contributed by atoms with Crippen LogP contribution in [0, 0.1) is 16.7 Å². The van der Waals surface area contributed by atoms with Crippen LogP contribution in [0.25, 0.3) is 33.4 Å². The highest BCUT2D eigenvalue weighted by Gasteiger charge is 2.37. The minimum absolute atomic E-state index is 0.0817. The van der Waals surface area contributed by atoms with Crippen molar-refractivity contribution in [2.75, 3.05) is 9.80 Å². The van der Waals surface area contributed by atoms with Gasteiger partial charge in [-0.25, -0.2) is 0 Å². The predicted molar refractivity (Wildman–Crippen MR) is 264 cm³/mol. The van der Waals surface area contributed by atoms with Gasteiger partial charge in [0.25, 0.3) is 0 Å². The second-order valence-corrected chi connectivity index (χ2v) is 19.1. The molecular formula is C60H53N3. The Morgan fingerprint density at radius 2 is 0.794 bits per heavy atom. The number of fused-ring (bicyclic) bond motifs is 6. The standard InChI is InChI=1S/C60H53N3/c1-58(2,40-61)36-35-41-21-32-51-53-34-31-49(39-57(53)60(5,6)55(51)37-41)63(45-17-11-8-12-18-45)47-28-24-43(25-29-47)42-22-26-46(27-23-42)62(44-15-9-7-10-16-44)48-30-33-52-50-19-13-14-20-54(50)59(3,4)56(52)38-48/h7-34,37-39H,35-36H2,1-6H3. The summed E-state index contributed by atoms with van der Waals surface area (Å²) in [5.74, 6) is 0. The fourth-order valence-electron chi connectivity index (χ4n) is 10.1. The van der Waals surface area contributed by atoms with E-state index in [2.05, 4.69) is 232 Å². The molecule has 0 amide bonds. The summed E-state index contributed by atoms with van der Waals surface area (Å²) in [4.78, 5) is 4.74. The third-order valence-corrected chi connectivity index (χ3v) is 13.8. The zero-order chi connectivity index (χ0) is 43.5. The molecule has 10 rings (SSSR count). The molecule has 0 saturated heterocycles. The lowest BCUT2D eigenvalue weighted by Gasteiger charge is -2.28. The highest BCUT2D eigenvalue weighted by Crippen LogP contribution is 2.52. The highest BCUT2D eigenvalue weighted by molar-refractivity contribution is 5.88. The van der Waals surface area contributed by atoms with Crippen LogP contribution in [0.2, 0.25) is 0 Å². The third kappa shape index (κ3) is 7.01. The van der Waals surface area contributed by atoms with Crippen LogP contribution in [0.3, 0.4) is 0 Å². The van der Waals surface area contributed by atoms with E-state index in [-0.39, 0.29) is 16.2 Å². The SMILES string of the molecule is CC(C)(C#N)CCc1ccc2c(c1)C(C)(C)c1cc(N(c3ccccc3)c3ccc(-c4ccc(N(c5ccccc5)c5ccc6c(c5)C(C)(C)c5ccccc5-6)cc4)cc3)ccc1-2. The number of rotatable bonds is 10. The third-order valence-electron chi connectivity index (χ3n) is 13.8. The summed E-state index contributed by atoms with van der Waals surface area (Å²) >= 11 is 0. The van der Waals surface area contributed by atoms with Crippen molar-refractivity contribution in [1.29, 1.82) is 5.26 Å². The van der Waals surface area contributed by atoms with Crippen LogP contribution in [0.1, 0.15) is 75.8 Å². The van der Waals surface area contributed by atoms with E-state index in [9.17, 15) is 5.26 Å². The molecule has 0 N–H and O–H groups in total. The Kier molecular flexibility index (Phi) is 9.72. The van der Waals surface area contributed by atoms with Gasteiger partial charge in [-0.1, -0.05) is 143 Å². The second-order valence-electron chi connectivity index (χ2n) is 19.1. The van der Waals surface area contributed by atoms with Gasteiger partial charge in [0.2, 0.25) is 0 Å². The quantitative estimate of drug-likeness (QED) is 0.138. The van der Waals surface area contributed by atoms with Gasteiger partial charge in [-0.2, -0.15) is 5.26 Å². The lowest BCUT2D eigenvalue weighted by atomic mass is 9.81. The van der Waals surface area contributed by atoms with E-state index in [1.54, 1.807) is 0 Å². The first kappa shape index (κ1) is 40.0. The summed E-state index contributed by atoms with van der Waals surface area (Å²) in [6, 6.07) is 71.6. The summed E-state index contributed by atoms with van der Waals surface area (Å²) in [5.41, 5.74) is 20.5. The molecule has 0 bridgehead atoms. The van der Waals surface area contributed by atoms with Gasteiger partial charge >= 0.3 is 0 Å². The molecule has 0 fully saturated rings. The predicted octanol–water partition coefficient (Wildman–Crippen LogP) is 16.4. The van der Waals surface area contributed by atoms with Gasteiger partial charge in [0.15, 0.2) is 0 Å². The Balaban J connectivity index is 0.952. The Morgan fingerprint density at radius 3 is 1.29 bits per heavy atom. The largest absolute Gasteiger partial charge is 0.310 e. The summed E-state index contributed by atoms with van der Waals surface area (Å²) in [7, 11) is 0. The molecule has 0 spiro atoms. The fraction of sp³-hybridized carbons (Fsp3) is 0.183. The summed E-state index contributed by atoms with van der Waals surface area (Å²) < 4.78 is 0. The normalized spacial score (nSPS) is 13.9. The van der Waals surface area contributed by atoms with Crippen LogP contribution in [-0.2, 0) is 17.3 Å². The van der Waals surface area contributed by atoms with Gasteiger partial charge in [-0.05, 0) is 161 Å². The molecule has 63 heavy (non-hydrogen) atoms. The number of hydrogen-bond acceptors (Lipinski definition) is 3. The van der Waals surface area contributed by atoms with Crippen molar-refractivity contribution in [3.8, 4) is 39.4 Å². The molecule has 308 valence electrons. The smallest absolute Gasteiger partial charge is 0.0684 e. The van der Waals surface area contributed by atoms with Crippen LogP contribution in [-0.4, -0.2) is 0 Å². The van der Waals surface area contributed by atoms with Crippen molar-refractivity contribution in [2.45, 2.75) is 65.2 Å². The van der Waals surface area contributed by atoms with E-state index in [1.807, 2.05) is 13.8 Å². The zero-order valence-corrected chi connectivity index (χ0v) is 37.2. The number of para-hydroxylation sites is 2. The van der Waals surface area contributed by atoms with E-state index in [0.29, 0.717) is 0 Å². The topological polar surface area (TPSA) is 30.3 Å². The number of nitriles is 1. The van der Waals surface area contributed by atoms with Crippen LogP contribution in [0.4, 0.5) is 34.1 Å². The highest BCUT2D eigenvalue weighted by atomic mass is 15.1. The van der Waals surface area contributed by atoms with Crippen molar-refractivity contribution >= 4 is 34.1 Å².